The van der Waals surface area contributed by atoms with Crippen molar-refractivity contribution < 1.29 is 23.4 Å². The van der Waals surface area contributed by atoms with E-state index in [-0.39, 0.29) is 23.2 Å². The van der Waals surface area contributed by atoms with Crippen molar-refractivity contribution in [3.8, 4) is 33.8 Å². The molecule has 1 aliphatic rings. The Labute approximate surface area is 253 Å². The lowest BCUT2D eigenvalue weighted by Crippen LogP contribution is -2.36. The van der Waals surface area contributed by atoms with E-state index in [0.717, 1.165) is 5.56 Å². The average molecular weight is 593 g/mol. The number of ether oxygens (including phenoxy) is 1. The fraction of sp³-hybridized carbons (Fsp3) is 0.167. The first-order valence-corrected chi connectivity index (χ1v) is 14.3. The number of aromatic nitrogens is 1. The Bertz CT molecular complexity index is 1940. The van der Waals surface area contributed by atoms with Crippen molar-refractivity contribution in [1.29, 1.82) is 0 Å². The van der Waals surface area contributed by atoms with E-state index in [2.05, 4.69) is 5.32 Å². The van der Waals surface area contributed by atoms with E-state index in [1.54, 1.807) is 49.5 Å². The van der Waals surface area contributed by atoms with Crippen LogP contribution in [-0.2, 0) is 4.79 Å². The summed E-state index contributed by atoms with van der Waals surface area (Å²) in [4.78, 5) is 26.0. The standard InChI is InChI=1S/C36H30F2N2O4/c1-21-8-6-12-32-34(21)24-16-22(2)35(38)28(17-24)30(19-33(41)42)39-20-31(27-18-25(44-32)13-14-29(27)37)40-15-7-11-26(36(40)43)23-9-4-3-5-10-23/h3-18,30-31,39H,19-20H2,1-2H3,(H,41,42)/t30-,31+/m0/s1. The molecule has 0 spiro atoms. The lowest BCUT2D eigenvalue weighted by molar-refractivity contribution is -0.137. The zero-order valence-corrected chi connectivity index (χ0v) is 24.2. The van der Waals surface area contributed by atoms with Gasteiger partial charge in [-0.15, -0.1) is 0 Å². The van der Waals surface area contributed by atoms with E-state index < -0.39 is 36.1 Å². The lowest BCUT2D eigenvalue weighted by atomic mass is 9.92. The van der Waals surface area contributed by atoms with Gasteiger partial charge in [-0.1, -0.05) is 42.5 Å². The summed E-state index contributed by atoms with van der Waals surface area (Å²) in [5.74, 6) is -1.42. The number of carboxylic acid groups (broad SMARTS) is 1. The van der Waals surface area contributed by atoms with Crippen LogP contribution >= 0.6 is 0 Å². The third kappa shape index (κ3) is 5.52. The Morgan fingerprint density at radius 1 is 0.909 bits per heavy atom. The molecule has 222 valence electrons. The van der Waals surface area contributed by atoms with E-state index in [4.69, 9.17) is 4.74 Å². The van der Waals surface area contributed by atoms with Gasteiger partial charge >= 0.3 is 5.97 Å². The van der Waals surface area contributed by atoms with Crippen molar-refractivity contribution in [3.63, 3.8) is 0 Å². The maximum absolute atomic E-state index is 15.8. The van der Waals surface area contributed by atoms with Crippen LogP contribution in [-0.4, -0.2) is 22.2 Å². The maximum Gasteiger partial charge on any atom is 0.305 e. The summed E-state index contributed by atoms with van der Waals surface area (Å²) >= 11 is 0. The molecule has 8 heteroatoms. The fourth-order valence-corrected chi connectivity index (χ4v) is 5.93. The number of benzene rings is 4. The number of hydrogen-bond donors (Lipinski definition) is 2. The van der Waals surface area contributed by atoms with E-state index in [1.165, 1.54) is 16.7 Å². The molecule has 4 aromatic carbocycles. The summed E-state index contributed by atoms with van der Waals surface area (Å²) in [6, 6.07) is 23.9. The van der Waals surface area contributed by atoms with Gasteiger partial charge in [0.2, 0.25) is 0 Å². The van der Waals surface area contributed by atoms with Crippen molar-refractivity contribution in [3.05, 3.63) is 141 Å². The summed E-state index contributed by atoms with van der Waals surface area (Å²) in [7, 11) is 0. The topological polar surface area (TPSA) is 80.6 Å². The van der Waals surface area contributed by atoms with Crippen molar-refractivity contribution in [1.82, 2.24) is 9.88 Å². The Balaban J connectivity index is 1.59. The third-order valence-electron chi connectivity index (χ3n) is 8.07. The number of carbonyl (C=O) groups is 1. The number of aliphatic carboxylic acids is 1. The second-order valence-corrected chi connectivity index (χ2v) is 11.0. The summed E-state index contributed by atoms with van der Waals surface area (Å²) in [5, 5.41) is 13.0. The quantitative estimate of drug-likeness (QED) is 0.225. The number of fused-ring (bicyclic) bond motifs is 6. The first-order chi connectivity index (χ1) is 21.2. The van der Waals surface area contributed by atoms with Gasteiger partial charge in [-0.2, -0.15) is 0 Å². The van der Waals surface area contributed by atoms with Gasteiger partial charge in [0, 0.05) is 41.0 Å². The van der Waals surface area contributed by atoms with Crippen LogP contribution in [0.3, 0.4) is 0 Å². The molecule has 0 saturated heterocycles. The fourth-order valence-electron chi connectivity index (χ4n) is 5.93. The van der Waals surface area contributed by atoms with Gasteiger partial charge in [0.05, 0.1) is 12.5 Å². The first-order valence-electron chi connectivity index (χ1n) is 14.3. The highest BCUT2D eigenvalue weighted by Crippen LogP contribution is 2.40. The highest BCUT2D eigenvalue weighted by molar-refractivity contribution is 5.76. The van der Waals surface area contributed by atoms with Crippen LogP contribution in [0.2, 0.25) is 0 Å². The summed E-state index contributed by atoms with van der Waals surface area (Å²) in [6.45, 7) is 3.46. The molecule has 0 saturated carbocycles. The van der Waals surface area contributed by atoms with Crippen molar-refractivity contribution in [2.45, 2.75) is 32.4 Å². The molecule has 4 bridgehead atoms. The van der Waals surface area contributed by atoms with Gasteiger partial charge in [-0.05, 0) is 84.6 Å². The van der Waals surface area contributed by atoms with Crippen LogP contribution in [0.25, 0.3) is 22.3 Å². The molecular weight excluding hydrogens is 562 g/mol. The number of carboxylic acids is 1. The maximum atomic E-state index is 15.8. The second kappa shape index (κ2) is 11.9. The third-order valence-corrected chi connectivity index (χ3v) is 8.07. The van der Waals surface area contributed by atoms with Crippen LogP contribution in [0.15, 0.2) is 102 Å². The minimum Gasteiger partial charge on any atom is -0.481 e. The van der Waals surface area contributed by atoms with Gasteiger partial charge in [0.25, 0.3) is 5.56 Å². The van der Waals surface area contributed by atoms with Crippen LogP contribution < -0.4 is 15.6 Å². The molecule has 0 aliphatic carbocycles. The minimum absolute atomic E-state index is 0.0782. The van der Waals surface area contributed by atoms with Crippen LogP contribution in [0, 0.1) is 25.5 Å². The van der Waals surface area contributed by atoms with E-state index in [1.807, 2.05) is 49.4 Å². The van der Waals surface area contributed by atoms with Gasteiger partial charge < -0.3 is 19.7 Å². The molecule has 44 heavy (non-hydrogen) atoms. The number of hydrogen-bond acceptors (Lipinski definition) is 4. The normalized spacial score (nSPS) is 16.1. The van der Waals surface area contributed by atoms with Gasteiger partial charge in [-0.3, -0.25) is 9.59 Å². The highest BCUT2D eigenvalue weighted by Gasteiger charge is 2.27. The Kier molecular flexibility index (Phi) is 7.84. The minimum atomic E-state index is -1.14. The molecule has 5 aromatic rings. The van der Waals surface area contributed by atoms with E-state index in [9.17, 15) is 14.7 Å². The number of halogens is 2. The molecule has 0 radical (unpaired) electrons. The molecule has 2 atom stereocenters. The number of aryl methyl sites for hydroxylation is 2. The number of pyridine rings is 1. The van der Waals surface area contributed by atoms with Crippen molar-refractivity contribution in [2.75, 3.05) is 6.54 Å². The van der Waals surface area contributed by atoms with Crippen LogP contribution in [0.5, 0.6) is 11.5 Å². The number of nitrogens with one attached hydrogen (secondary N) is 1. The summed E-state index contributed by atoms with van der Waals surface area (Å²) in [5.41, 5.74) is 3.65. The molecule has 6 nitrogen and oxygen atoms in total. The first kappa shape index (κ1) is 29.0. The predicted octanol–water partition coefficient (Wildman–Crippen LogP) is 7.58. The molecule has 1 aliphatic heterocycles. The summed E-state index contributed by atoms with van der Waals surface area (Å²) in [6.07, 6.45) is 1.13. The molecule has 2 N–H and O–H groups in total. The van der Waals surface area contributed by atoms with Crippen molar-refractivity contribution in [2.24, 2.45) is 0 Å². The van der Waals surface area contributed by atoms with Crippen molar-refractivity contribution >= 4 is 5.97 Å². The lowest BCUT2D eigenvalue weighted by Gasteiger charge is -2.26. The Morgan fingerprint density at radius 2 is 1.70 bits per heavy atom. The van der Waals surface area contributed by atoms with Gasteiger partial charge in [-0.25, -0.2) is 8.78 Å². The zero-order chi connectivity index (χ0) is 31.0. The Morgan fingerprint density at radius 3 is 2.48 bits per heavy atom. The second-order valence-electron chi connectivity index (χ2n) is 11.0. The number of nitrogens with zero attached hydrogens (tertiary/aromatic N) is 1. The molecule has 0 unspecified atom stereocenters. The molecule has 6 rings (SSSR count). The SMILES string of the molecule is Cc1cc2cc(c1F)[C@H](CC(=O)O)NC[C@@H](n1cccc(-c3ccccc3)c1=O)c1cc(ccc1F)Oc1cccc(C)c1-2. The average Bonchev–Trinajstić information content (AvgIpc) is 3.00. The molecule has 0 fully saturated rings. The summed E-state index contributed by atoms with van der Waals surface area (Å²) < 4.78 is 39.3. The molecule has 1 aromatic heterocycles. The predicted molar refractivity (Wildman–Crippen MR) is 165 cm³/mol. The molecule has 2 heterocycles. The molecular formula is C36H30F2N2O4. The van der Waals surface area contributed by atoms with Gasteiger partial charge in [0.1, 0.15) is 23.1 Å². The van der Waals surface area contributed by atoms with Gasteiger partial charge in [0.15, 0.2) is 0 Å². The molecule has 0 amide bonds. The van der Waals surface area contributed by atoms with Crippen LogP contribution in [0.4, 0.5) is 8.78 Å². The highest BCUT2D eigenvalue weighted by atomic mass is 19.1. The van der Waals surface area contributed by atoms with E-state index in [0.29, 0.717) is 39.3 Å². The smallest absolute Gasteiger partial charge is 0.305 e. The Hall–Kier alpha value is -5.08. The number of rotatable bonds is 4. The largest absolute Gasteiger partial charge is 0.481 e. The zero-order valence-electron chi connectivity index (χ0n) is 24.2. The van der Waals surface area contributed by atoms with E-state index >= 15 is 8.78 Å². The monoisotopic (exact) mass is 592 g/mol. The van der Waals surface area contributed by atoms with Crippen LogP contribution in [0.1, 0.15) is 40.8 Å².